The Morgan fingerprint density at radius 2 is 1.93 bits per heavy atom. The van der Waals surface area contributed by atoms with E-state index in [1.54, 1.807) is 37.4 Å². The van der Waals surface area contributed by atoms with E-state index in [0.29, 0.717) is 17.1 Å². The maximum Gasteiger partial charge on any atom is 0.268 e. The maximum absolute atomic E-state index is 12.2. The third-order valence-corrected chi connectivity index (χ3v) is 4.00. The molecule has 7 heteroatoms. The molecule has 3 N–H and O–H groups in total. The Kier molecular flexibility index (Phi) is 6.38. The third kappa shape index (κ3) is 5.53. The molecular formula is C22H21N3O4. The second-order valence-electron chi connectivity index (χ2n) is 6.17. The van der Waals surface area contributed by atoms with Crippen molar-refractivity contribution in [1.29, 1.82) is 0 Å². The van der Waals surface area contributed by atoms with Crippen molar-refractivity contribution in [3.05, 3.63) is 54.2 Å². The fraction of sp³-hybridized carbons (Fsp3) is 0.182. The Hall–Kier alpha value is -3.92. The molecule has 0 atom stereocenters. The largest absolute Gasteiger partial charge is 0.497 e. The first kappa shape index (κ1) is 19.8. The summed E-state index contributed by atoms with van der Waals surface area (Å²) in [5.41, 5.74) is 1.95. The Labute approximate surface area is 168 Å². The third-order valence-electron chi connectivity index (χ3n) is 4.00. The van der Waals surface area contributed by atoms with Gasteiger partial charge in [0.25, 0.3) is 5.91 Å². The van der Waals surface area contributed by atoms with Gasteiger partial charge in [-0.05, 0) is 30.3 Å². The summed E-state index contributed by atoms with van der Waals surface area (Å²) in [7, 11) is 1.60. The van der Waals surface area contributed by atoms with E-state index in [1.165, 1.54) is 6.92 Å². The molecule has 0 saturated carbocycles. The number of aromatic amines is 1. The molecule has 148 valence electrons. The second kappa shape index (κ2) is 9.33. The minimum atomic E-state index is -0.238. The number of fused-ring (bicyclic) bond motifs is 1. The highest BCUT2D eigenvalue weighted by Gasteiger charge is 2.09. The summed E-state index contributed by atoms with van der Waals surface area (Å²) < 4.78 is 10.7. The molecule has 0 spiro atoms. The predicted octanol–water partition coefficient (Wildman–Crippen LogP) is 2.95. The minimum Gasteiger partial charge on any atom is -0.497 e. The molecule has 2 aromatic carbocycles. The van der Waals surface area contributed by atoms with Crippen LogP contribution in [0.25, 0.3) is 10.9 Å². The molecular weight excluding hydrogens is 370 g/mol. The lowest BCUT2D eigenvalue weighted by Crippen LogP contribution is -2.23. The van der Waals surface area contributed by atoms with Crippen molar-refractivity contribution in [2.45, 2.75) is 6.92 Å². The molecule has 2 amide bonds. The summed E-state index contributed by atoms with van der Waals surface area (Å²) in [5, 5.41) is 6.35. The van der Waals surface area contributed by atoms with Crippen molar-refractivity contribution in [2.75, 3.05) is 25.6 Å². The Morgan fingerprint density at radius 3 is 2.72 bits per heavy atom. The van der Waals surface area contributed by atoms with Crippen LogP contribution < -0.4 is 20.1 Å². The first-order valence-electron chi connectivity index (χ1n) is 8.96. The molecule has 0 aliphatic rings. The Morgan fingerprint density at radius 1 is 1.07 bits per heavy atom. The zero-order valence-electron chi connectivity index (χ0n) is 16.2. The number of nitrogens with one attached hydrogen (secondary N) is 3. The summed E-state index contributed by atoms with van der Waals surface area (Å²) in [6, 6.07) is 14.4. The fourth-order valence-corrected chi connectivity index (χ4v) is 2.68. The second-order valence-corrected chi connectivity index (χ2v) is 6.17. The molecule has 0 aliphatic heterocycles. The standard InChI is InChI=1S/C22H21N3O4/c1-15(26)24-17-6-5-7-19(13-17)29-11-4-3-10-23-22(27)21-12-16-8-9-18(28-2)14-20(16)25-21/h5-9,12-14,25H,10-11H2,1-2H3,(H,23,27)(H,24,26). The van der Waals surface area contributed by atoms with Gasteiger partial charge in [-0.25, -0.2) is 0 Å². The molecule has 0 radical (unpaired) electrons. The van der Waals surface area contributed by atoms with Crippen LogP contribution in [0, 0.1) is 11.8 Å². The van der Waals surface area contributed by atoms with E-state index in [2.05, 4.69) is 27.5 Å². The van der Waals surface area contributed by atoms with Crippen LogP contribution in [0.4, 0.5) is 5.69 Å². The van der Waals surface area contributed by atoms with Gasteiger partial charge in [0.2, 0.25) is 5.91 Å². The molecule has 1 aromatic heterocycles. The highest BCUT2D eigenvalue weighted by molar-refractivity contribution is 5.98. The average Bonchev–Trinajstić information content (AvgIpc) is 3.13. The van der Waals surface area contributed by atoms with E-state index in [0.717, 1.165) is 16.7 Å². The number of carbonyl (C=O) groups excluding carboxylic acids is 2. The normalized spacial score (nSPS) is 10.0. The summed E-state index contributed by atoms with van der Waals surface area (Å²) >= 11 is 0. The number of benzene rings is 2. The van der Waals surface area contributed by atoms with Crippen molar-refractivity contribution in [3.8, 4) is 23.3 Å². The van der Waals surface area contributed by atoms with Crippen LogP contribution in [0.15, 0.2) is 48.5 Å². The summed E-state index contributed by atoms with van der Waals surface area (Å²) in [4.78, 5) is 26.4. The Balaban J connectivity index is 1.47. The zero-order chi connectivity index (χ0) is 20.6. The molecule has 0 fully saturated rings. The van der Waals surface area contributed by atoms with Crippen LogP contribution >= 0.6 is 0 Å². The van der Waals surface area contributed by atoms with Crippen molar-refractivity contribution in [2.24, 2.45) is 0 Å². The van der Waals surface area contributed by atoms with Crippen LogP contribution in [0.5, 0.6) is 11.5 Å². The number of aromatic nitrogens is 1. The van der Waals surface area contributed by atoms with Gasteiger partial charge in [-0.2, -0.15) is 0 Å². The van der Waals surface area contributed by atoms with E-state index in [1.807, 2.05) is 18.2 Å². The fourth-order valence-electron chi connectivity index (χ4n) is 2.68. The topological polar surface area (TPSA) is 92.4 Å². The van der Waals surface area contributed by atoms with E-state index in [4.69, 9.17) is 9.47 Å². The number of rotatable bonds is 6. The van der Waals surface area contributed by atoms with Crippen LogP contribution in [0.2, 0.25) is 0 Å². The number of H-pyrrole nitrogens is 1. The molecule has 7 nitrogen and oxygen atoms in total. The molecule has 0 bridgehead atoms. The maximum atomic E-state index is 12.2. The highest BCUT2D eigenvalue weighted by atomic mass is 16.5. The molecule has 3 rings (SSSR count). The summed E-state index contributed by atoms with van der Waals surface area (Å²) in [6.45, 7) is 1.82. The molecule has 1 heterocycles. The van der Waals surface area contributed by atoms with Gasteiger partial charge in [0, 0.05) is 35.6 Å². The van der Waals surface area contributed by atoms with Gasteiger partial charge in [-0.15, -0.1) is 0 Å². The average molecular weight is 391 g/mol. The van der Waals surface area contributed by atoms with Gasteiger partial charge in [0.15, 0.2) is 0 Å². The number of hydrogen-bond acceptors (Lipinski definition) is 4. The molecule has 3 aromatic rings. The van der Waals surface area contributed by atoms with Crippen LogP contribution in [0.1, 0.15) is 17.4 Å². The van der Waals surface area contributed by atoms with Crippen molar-refractivity contribution in [3.63, 3.8) is 0 Å². The molecule has 0 saturated heterocycles. The van der Waals surface area contributed by atoms with Gasteiger partial charge in [-0.3, -0.25) is 9.59 Å². The van der Waals surface area contributed by atoms with E-state index in [9.17, 15) is 9.59 Å². The highest BCUT2D eigenvalue weighted by Crippen LogP contribution is 2.21. The first-order chi connectivity index (χ1) is 14.0. The number of amides is 2. The van der Waals surface area contributed by atoms with Gasteiger partial charge in [0.1, 0.15) is 23.8 Å². The molecule has 0 aliphatic carbocycles. The lowest BCUT2D eigenvalue weighted by atomic mass is 10.2. The number of anilines is 1. The van der Waals surface area contributed by atoms with Crippen molar-refractivity contribution < 1.29 is 19.1 Å². The van der Waals surface area contributed by atoms with Crippen LogP contribution in [-0.4, -0.2) is 37.1 Å². The van der Waals surface area contributed by atoms with Gasteiger partial charge < -0.3 is 25.1 Å². The lowest BCUT2D eigenvalue weighted by molar-refractivity contribution is -0.114. The minimum absolute atomic E-state index is 0.146. The predicted molar refractivity (Wildman–Crippen MR) is 111 cm³/mol. The Bertz CT molecular complexity index is 1090. The summed E-state index contributed by atoms with van der Waals surface area (Å²) in [5.74, 6) is 6.62. The smallest absolute Gasteiger partial charge is 0.268 e. The van der Waals surface area contributed by atoms with Crippen molar-refractivity contribution >= 4 is 28.4 Å². The van der Waals surface area contributed by atoms with Gasteiger partial charge >= 0.3 is 0 Å². The number of hydrogen-bond donors (Lipinski definition) is 3. The van der Waals surface area contributed by atoms with E-state index >= 15 is 0 Å². The number of ether oxygens (including phenoxy) is 2. The van der Waals surface area contributed by atoms with E-state index < -0.39 is 0 Å². The molecule has 29 heavy (non-hydrogen) atoms. The SMILES string of the molecule is COc1ccc2cc(C(=O)NCC#CCOc3cccc(NC(C)=O)c3)[nH]c2c1. The zero-order valence-corrected chi connectivity index (χ0v) is 16.2. The van der Waals surface area contributed by atoms with E-state index in [-0.39, 0.29) is 25.0 Å². The number of methoxy groups -OCH3 is 1. The summed E-state index contributed by atoms with van der Waals surface area (Å²) in [6.07, 6.45) is 0. The monoisotopic (exact) mass is 391 g/mol. The van der Waals surface area contributed by atoms with Gasteiger partial charge in [-0.1, -0.05) is 17.9 Å². The van der Waals surface area contributed by atoms with Gasteiger partial charge in [0.05, 0.1) is 13.7 Å². The van der Waals surface area contributed by atoms with Crippen LogP contribution in [-0.2, 0) is 4.79 Å². The lowest BCUT2D eigenvalue weighted by Gasteiger charge is -2.05. The number of carbonyl (C=O) groups is 2. The first-order valence-corrected chi connectivity index (χ1v) is 8.96. The molecule has 0 unspecified atom stereocenters. The van der Waals surface area contributed by atoms with Crippen molar-refractivity contribution in [1.82, 2.24) is 10.3 Å². The van der Waals surface area contributed by atoms with Crippen LogP contribution in [0.3, 0.4) is 0 Å². The quantitative estimate of drug-likeness (QED) is 0.564.